The third kappa shape index (κ3) is 2.31. The van der Waals surface area contributed by atoms with Gasteiger partial charge in [0.25, 0.3) is 0 Å². The maximum absolute atomic E-state index is 9.21. The third-order valence-electron chi connectivity index (χ3n) is 1.55. The Bertz CT molecular complexity index is 328. The Kier molecular flexibility index (Phi) is 3.04. The first-order chi connectivity index (χ1) is 6.25. The van der Waals surface area contributed by atoms with Crippen molar-refractivity contribution in [2.24, 2.45) is 0 Å². The lowest BCUT2D eigenvalue weighted by Gasteiger charge is -2.07. The molecule has 0 heterocycles. The Morgan fingerprint density at radius 3 is 3.00 bits per heavy atom. The number of nitrogen functional groups attached to an aromatic ring is 1. The fraction of sp³-hybridized carbons (Fsp3) is 0.200. The highest BCUT2D eigenvalue weighted by molar-refractivity contribution is 5.61. The molecular formula is C10H11NO2. The fourth-order valence-corrected chi connectivity index (χ4v) is 0.878. The zero-order valence-corrected chi connectivity index (χ0v) is 7.16. The van der Waals surface area contributed by atoms with Crippen LogP contribution in [0.3, 0.4) is 0 Å². The van der Waals surface area contributed by atoms with Crippen molar-refractivity contribution >= 4 is 5.69 Å². The maximum Gasteiger partial charge on any atom is 0.146 e. The number of aromatic hydroxyl groups is 1. The lowest BCUT2D eigenvalue weighted by molar-refractivity contribution is 0.327. The normalized spacial score (nSPS) is 9.15. The van der Waals surface area contributed by atoms with Crippen LogP contribution in [0.4, 0.5) is 5.69 Å². The van der Waals surface area contributed by atoms with E-state index in [1.807, 2.05) is 0 Å². The van der Waals surface area contributed by atoms with E-state index in [1.54, 1.807) is 12.1 Å². The Balaban J connectivity index is 2.67. The Hall–Kier alpha value is -1.82. The number of ether oxygens (including phenoxy) is 1. The van der Waals surface area contributed by atoms with E-state index in [4.69, 9.17) is 16.9 Å². The van der Waals surface area contributed by atoms with E-state index in [1.165, 1.54) is 6.07 Å². The summed E-state index contributed by atoms with van der Waals surface area (Å²) in [5, 5.41) is 9.21. The molecule has 0 atom stereocenters. The van der Waals surface area contributed by atoms with Gasteiger partial charge in [-0.2, -0.15) is 0 Å². The van der Waals surface area contributed by atoms with Gasteiger partial charge in [0.1, 0.15) is 17.2 Å². The molecule has 0 saturated heterocycles. The minimum Gasteiger partial charge on any atom is -0.506 e. The molecule has 0 bridgehead atoms. The van der Waals surface area contributed by atoms with Crippen molar-refractivity contribution in [1.29, 1.82) is 0 Å². The summed E-state index contributed by atoms with van der Waals surface area (Å²) in [6, 6.07) is 4.85. The number of phenols is 1. The van der Waals surface area contributed by atoms with Crippen molar-refractivity contribution in [3.05, 3.63) is 18.2 Å². The SMILES string of the molecule is C#CCCOc1cccc(O)c1N. The first kappa shape index (κ1) is 9.27. The molecule has 0 spiro atoms. The molecular weight excluding hydrogens is 166 g/mol. The number of terminal acetylenes is 1. The Morgan fingerprint density at radius 2 is 2.31 bits per heavy atom. The van der Waals surface area contributed by atoms with Crippen LogP contribution in [-0.2, 0) is 0 Å². The van der Waals surface area contributed by atoms with Gasteiger partial charge in [-0.1, -0.05) is 6.07 Å². The van der Waals surface area contributed by atoms with Crippen molar-refractivity contribution in [1.82, 2.24) is 0 Å². The number of nitrogens with two attached hydrogens (primary N) is 1. The van der Waals surface area contributed by atoms with E-state index in [-0.39, 0.29) is 11.4 Å². The molecule has 0 radical (unpaired) electrons. The van der Waals surface area contributed by atoms with Gasteiger partial charge in [-0.25, -0.2) is 0 Å². The largest absolute Gasteiger partial charge is 0.506 e. The minimum absolute atomic E-state index is 0.0261. The van der Waals surface area contributed by atoms with Crippen LogP contribution in [0.2, 0.25) is 0 Å². The van der Waals surface area contributed by atoms with E-state index in [9.17, 15) is 5.11 Å². The van der Waals surface area contributed by atoms with Gasteiger partial charge in [0.2, 0.25) is 0 Å². The van der Waals surface area contributed by atoms with Crippen LogP contribution in [0.25, 0.3) is 0 Å². The highest BCUT2D eigenvalue weighted by Crippen LogP contribution is 2.29. The van der Waals surface area contributed by atoms with Gasteiger partial charge in [0, 0.05) is 6.42 Å². The average Bonchev–Trinajstić information content (AvgIpc) is 2.13. The molecule has 3 heteroatoms. The molecule has 0 aliphatic heterocycles. The number of hydrogen-bond donors (Lipinski definition) is 2. The zero-order valence-electron chi connectivity index (χ0n) is 7.16. The van der Waals surface area contributed by atoms with Crippen LogP contribution in [0.5, 0.6) is 11.5 Å². The standard InChI is InChI=1S/C10H11NO2/c1-2-3-7-13-9-6-4-5-8(12)10(9)11/h1,4-6,12H,3,7,11H2. The molecule has 0 aliphatic carbocycles. The van der Waals surface area contributed by atoms with Crippen molar-refractivity contribution in [2.75, 3.05) is 12.3 Å². The number of hydrogen-bond acceptors (Lipinski definition) is 3. The Labute approximate surface area is 77.1 Å². The fourth-order valence-electron chi connectivity index (χ4n) is 0.878. The number of rotatable bonds is 3. The summed E-state index contributed by atoms with van der Waals surface area (Å²) in [7, 11) is 0. The molecule has 3 nitrogen and oxygen atoms in total. The molecule has 13 heavy (non-hydrogen) atoms. The predicted molar refractivity (Wildman–Crippen MR) is 51.5 cm³/mol. The van der Waals surface area contributed by atoms with Crippen LogP contribution in [0.15, 0.2) is 18.2 Å². The van der Waals surface area contributed by atoms with Crippen LogP contribution in [0, 0.1) is 12.3 Å². The lowest BCUT2D eigenvalue weighted by atomic mass is 10.3. The number of anilines is 1. The molecule has 1 aromatic carbocycles. The van der Waals surface area contributed by atoms with E-state index < -0.39 is 0 Å². The van der Waals surface area contributed by atoms with E-state index in [0.717, 1.165) is 0 Å². The quantitative estimate of drug-likeness (QED) is 0.317. The van der Waals surface area contributed by atoms with E-state index >= 15 is 0 Å². The van der Waals surface area contributed by atoms with Crippen molar-refractivity contribution in [3.8, 4) is 23.8 Å². The molecule has 0 aromatic heterocycles. The van der Waals surface area contributed by atoms with E-state index in [2.05, 4.69) is 5.92 Å². The van der Waals surface area contributed by atoms with Crippen LogP contribution in [0.1, 0.15) is 6.42 Å². The Morgan fingerprint density at radius 1 is 1.54 bits per heavy atom. The topological polar surface area (TPSA) is 55.5 Å². The molecule has 0 saturated carbocycles. The summed E-state index contributed by atoms with van der Waals surface area (Å²) < 4.78 is 5.23. The van der Waals surface area contributed by atoms with Gasteiger partial charge in [-0.05, 0) is 12.1 Å². The van der Waals surface area contributed by atoms with Crippen LogP contribution >= 0.6 is 0 Å². The summed E-state index contributed by atoms with van der Waals surface area (Å²) in [6.07, 6.45) is 5.57. The van der Waals surface area contributed by atoms with Gasteiger partial charge < -0.3 is 15.6 Å². The van der Waals surface area contributed by atoms with Crippen molar-refractivity contribution in [2.45, 2.75) is 6.42 Å². The van der Waals surface area contributed by atoms with Gasteiger partial charge in [0.15, 0.2) is 0 Å². The van der Waals surface area contributed by atoms with Gasteiger partial charge >= 0.3 is 0 Å². The first-order valence-electron chi connectivity index (χ1n) is 3.89. The summed E-state index contributed by atoms with van der Waals surface area (Å²) in [5.41, 5.74) is 5.79. The second-order valence-corrected chi connectivity index (χ2v) is 2.49. The molecule has 0 fully saturated rings. The third-order valence-corrected chi connectivity index (χ3v) is 1.55. The summed E-state index contributed by atoms with van der Waals surface area (Å²) in [5.74, 6) is 2.94. The molecule has 0 aliphatic rings. The second-order valence-electron chi connectivity index (χ2n) is 2.49. The number of para-hydroxylation sites is 1. The van der Waals surface area contributed by atoms with Gasteiger partial charge in [-0.3, -0.25) is 0 Å². The highest BCUT2D eigenvalue weighted by Gasteiger charge is 2.03. The van der Waals surface area contributed by atoms with Crippen molar-refractivity contribution < 1.29 is 9.84 Å². The average molecular weight is 177 g/mol. The summed E-state index contributed by atoms with van der Waals surface area (Å²) >= 11 is 0. The molecule has 3 N–H and O–H groups in total. The molecule has 0 unspecified atom stereocenters. The van der Waals surface area contributed by atoms with Crippen LogP contribution < -0.4 is 10.5 Å². The molecule has 1 rings (SSSR count). The first-order valence-corrected chi connectivity index (χ1v) is 3.89. The highest BCUT2D eigenvalue weighted by atomic mass is 16.5. The zero-order chi connectivity index (χ0) is 9.68. The maximum atomic E-state index is 9.21. The number of benzene rings is 1. The number of phenolic OH excluding ortho intramolecular Hbond substituents is 1. The second kappa shape index (κ2) is 4.27. The monoisotopic (exact) mass is 177 g/mol. The molecule has 0 amide bonds. The predicted octanol–water partition coefficient (Wildman–Crippen LogP) is 1.38. The van der Waals surface area contributed by atoms with Gasteiger partial charge in [-0.15, -0.1) is 12.3 Å². The van der Waals surface area contributed by atoms with Gasteiger partial charge in [0.05, 0.1) is 6.61 Å². The van der Waals surface area contributed by atoms with E-state index in [0.29, 0.717) is 18.8 Å². The molecule has 1 aromatic rings. The van der Waals surface area contributed by atoms with Crippen molar-refractivity contribution in [3.63, 3.8) is 0 Å². The van der Waals surface area contributed by atoms with Crippen LogP contribution in [-0.4, -0.2) is 11.7 Å². The summed E-state index contributed by atoms with van der Waals surface area (Å²) in [6.45, 7) is 0.407. The molecule has 68 valence electrons. The minimum atomic E-state index is 0.0261. The lowest BCUT2D eigenvalue weighted by Crippen LogP contribution is -1.99. The summed E-state index contributed by atoms with van der Waals surface area (Å²) in [4.78, 5) is 0. The smallest absolute Gasteiger partial charge is 0.146 e.